The van der Waals surface area contributed by atoms with Gasteiger partial charge in [-0.25, -0.2) is 4.98 Å². The van der Waals surface area contributed by atoms with Crippen LogP contribution in [0.4, 0.5) is 13.2 Å². The lowest BCUT2D eigenvalue weighted by Gasteiger charge is -2.05. The first-order valence-electron chi connectivity index (χ1n) is 4.95. The molecule has 1 N–H and O–H groups in total. The molecule has 1 atom stereocenters. The van der Waals surface area contributed by atoms with Gasteiger partial charge >= 0.3 is 6.18 Å². The van der Waals surface area contributed by atoms with Gasteiger partial charge in [-0.1, -0.05) is 11.4 Å². The summed E-state index contributed by atoms with van der Waals surface area (Å²) in [6.45, 7) is 1.83. The fourth-order valence-corrected chi connectivity index (χ4v) is 2.94. The minimum Gasteiger partial charge on any atom is -0.382 e. The molecule has 0 aliphatic carbocycles. The van der Waals surface area contributed by atoms with Gasteiger partial charge in [0.05, 0.1) is 15.4 Å². The molecule has 98 valence electrons. The molecule has 0 fully saturated rings. The van der Waals surface area contributed by atoms with E-state index in [4.69, 9.17) is 0 Å². The van der Waals surface area contributed by atoms with Crippen LogP contribution < -0.4 is 0 Å². The van der Waals surface area contributed by atoms with Crippen molar-refractivity contribution in [1.82, 2.24) is 14.6 Å². The number of aromatic nitrogens is 3. The van der Waals surface area contributed by atoms with Crippen molar-refractivity contribution in [3.8, 4) is 0 Å². The van der Waals surface area contributed by atoms with Gasteiger partial charge in [-0.2, -0.15) is 13.2 Å². The van der Waals surface area contributed by atoms with Crippen LogP contribution in [0, 0.1) is 0 Å². The van der Waals surface area contributed by atoms with Crippen molar-refractivity contribution < 1.29 is 18.3 Å². The van der Waals surface area contributed by atoms with Crippen molar-refractivity contribution in [3.63, 3.8) is 0 Å². The number of nitrogens with zero attached hydrogens (tertiary/aromatic N) is 3. The van der Waals surface area contributed by atoms with E-state index < -0.39 is 17.3 Å². The van der Waals surface area contributed by atoms with Crippen LogP contribution in [0.3, 0.4) is 0 Å². The number of rotatable bonds is 3. The van der Waals surface area contributed by atoms with Gasteiger partial charge in [0.1, 0.15) is 6.10 Å². The molecule has 0 bridgehead atoms. The molecular weight excluding hydrogens is 287 g/mol. The highest BCUT2D eigenvalue weighted by Crippen LogP contribution is 2.37. The maximum absolute atomic E-state index is 12.4. The second-order valence-corrected chi connectivity index (χ2v) is 5.25. The average Bonchev–Trinajstić information content (AvgIpc) is 2.96. The van der Waals surface area contributed by atoms with E-state index in [9.17, 15) is 18.3 Å². The molecular formula is C9H8F3N3OS2. The van der Waals surface area contributed by atoms with Crippen molar-refractivity contribution in [1.29, 1.82) is 0 Å². The minimum absolute atomic E-state index is 0.142. The molecule has 0 aromatic carbocycles. The van der Waals surface area contributed by atoms with Gasteiger partial charge < -0.3 is 5.11 Å². The zero-order chi connectivity index (χ0) is 13.3. The van der Waals surface area contributed by atoms with Crippen molar-refractivity contribution in [2.45, 2.75) is 25.6 Å². The van der Waals surface area contributed by atoms with Crippen LogP contribution in [-0.4, -0.2) is 19.7 Å². The summed E-state index contributed by atoms with van der Waals surface area (Å²) in [5, 5.41) is 12.8. The van der Waals surface area contributed by atoms with Gasteiger partial charge in [0.2, 0.25) is 0 Å². The Morgan fingerprint density at radius 2 is 2.17 bits per heavy atom. The molecule has 0 spiro atoms. The molecule has 1 unspecified atom stereocenters. The Bertz CT molecular complexity index is 537. The van der Waals surface area contributed by atoms with Crippen molar-refractivity contribution >= 4 is 22.9 Å². The highest BCUT2D eigenvalue weighted by Gasteiger charge is 2.35. The van der Waals surface area contributed by atoms with Crippen LogP contribution in [0.25, 0.3) is 0 Å². The zero-order valence-corrected chi connectivity index (χ0v) is 10.7. The Hall–Kier alpha value is -1.06. The fourth-order valence-electron chi connectivity index (χ4n) is 1.34. The highest BCUT2D eigenvalue weighted by atomic mass is 32.1. The standard InChI is InChI=1S/C9H8F3N3OS2/c1-2-4-7(18-15-14-4)6(16)5-3-13-8(17-5)9(10,11)12/h3,6,16H,2H2,1H3. The number of aryl methyl sites for hydroxylation is 1. The van der Waals surface area contributed by atoms with Crippen LogP contribution >= 0.6 is 22.9 Å². The second kappa shape index (κ2) is 4.90. The van der Waals surface area contributed by atoms with E-state index in [1.165, 1.54) is 0 Å². The predicted molar refractivity (Wildman–Crippen MR) is 60.5 cm³/mol. The summed E-state index contributed by atoms with van der Waals surface area (Å²) in [4.78, 5) is 3.88. The Morgan fingerprint density at radius 3 is 2.72 bits per heavy atom. The first-order valence-corrected chi connectivity index (χ1v) is 6.54. The van der Waals surface area contributed by atoms with Crippen LogP contribution in [-0.2, 0) is 12.6 Å². The topological polar surface area (TPSA) is 58.9 Å². The third-order valence-corrected chi connectivity index (χ3v) is 4.12. The first kappa shape index (κ1) is 13.4. The van der Waals surface area contributed by atoms with E-state index in [1.807, 2.05) is 6.92 Å². The number of thiazole rings is 1. The summed E-state index contributed by atoms with van der Waals surface area (Å²) in [5.41, 5.74) is 0.592. The summed E-state index contributed by atoms with van der Waals surface area (Å²) >= 11 is 1.41. The Kier molecular flexibility index (Phi) is 3.64. The largest absolute Gasteiger partial charge is 0.443 e. The summed E-state index contributed by atoms with van der Waals surface area (Å²) in [6.07, 6.45) is -4.03. The van der Waals surface area contributed by atoms with E-state index in [1.54, 1.807) is 0 Å². The number of aliphatic hydroxyl groups is 1. The number of halogens is 3. The van der Waals surface area contributed by atoms with Gasteiger partial charge in [-0.15, -0.1) is 16.4 Å². The number of hydrogen-bond donors (Lipinski definition) is 1. The number of aliphatic hydroxyl groups excluding tert-OH is 1. The van der Waals surface area contributed by atoms with Crippen molar-refractivity contribution in [2.24, 2.45) is 0 Å². The average molecular weight is 295 g/mol. The van der Waals surface area contributed by atoms with E-state index in [2.05, 4.69) is 14.6 Å². The minimum atomic E-state index is -4.48. The molecule has 0 aliphatic rings. The molecule has 0 saturated heterocycles. The summed E-state index contributed by atoms with van der Waals surface area (Å²) in [7, 11) is 0. The molecule has 9 heteroatoms. The molecule has 18 heavy (non-hydrogen) atoms. The number of alkyl halides is 3. The molecule has 2 rings (SSSR count). The van der Waals surface area contributed by atoms with Gasteiger partial charge in [-0.05, 0) is 18.0 Å². The number of hydrogen-bond acceptors (Lipinski definition) is 6. The lowest BCUT2D eigenvalue weighted by molar-refractivity contribution is -0.137. The Labute approximate surface area is 108 Å². The van der Waals surface area contributed by atoms with E-state index in [0.717, 1.165) is 17.7 Å². The van der Waals surface area contributed by atoms with Crippen molar-refractivity contribution in [3.05, 3.63) is 26.7 Å². The summed E-state index contributed by atoms with van der Waals surface area (Å²) in [5.74, 6) is 0. The predicted octanol–water partition coefficient (Wildman–Crippen LogP) is 2.66. The van der Waals surface area contributed by atoms with E-state index >= 15 is 0 Å². The zero-order valence-electron chi connectivity index (χ0n) is 9.10. The molecule has 2 aromatic heterocycles. The highest BCUT2D eigenvalue weighted by molar-refractivity contribution is 7.12. The third-order valence-electron chi connectivity index (χ3n) is 2.20. The Balaban J connectivity index is 2.29. The molecule has 0 radical (unpaired) electrons. The van der Waals surface area contributed by atoms with E-state index in [-0.39, 0.29) is 4.88 Å². The lowest BCUT2D eigenvalue weighted by atomic mass is 10.2. The summed E-state index contributed by atoms with van der Waals surface area (Å²) in [6, 6.07) is 0. The van der Waals surface area contributed by atoms with Crippen LogP contribution in [0.15, 0.2) is 6.20 Å². The van der Waals surface area contributed by atoms with Crippen LogP contribution in [0.5, 0.6) is 0 Å². The maximum atomic E-state index is 12.4. The van der Waals surface area contributed by atoms with Gasteiger partial charge in [0.15, 0.2) is 5.01 Å². The van der Waals surface area contributed by atoms with Crippen LogP contribution in [0.1, 0.15) is 33.5 Å². The Morgan fingerprint density at radius 1 is 1.44 bits per heavy atom. The molecule has 2 heterocycles. The quantitative estimate of drug-likeness (QED) is 0.945. The molecule has 4 nitrogen and oxygen atoms in total. The smallest absolute Gasteiger partial charge is 0.382 e. The molecule has 0 saturated carbocycles. The fraction of sp³-hybridized carbons (Fsp3) is 0.444. The normalized spacial score (nSPS) is 13.8. The monoisotopic (exact) mass is 295 g/mol. The third kappa shape index (κ3) is 2.52. The molecule has 0 aliphatic heterocycles. The van der Waals surface area contributed by atoms with Gasteiger partial charge in [0.25, 0.3) is 0 Å². The van der Waals surface area contributed by atoms with E-state index in [0.29, 0.717) is 28.3 Å². The second-order valence-electron chi connectivity index (χ2n) is 3.41. The lowest BCUT2D eigenvalue weighted by Crippen LogP contribution is -2.03. The maximum Gasteiger partial charge on any atom is 0.443 e. The summed E-state index contributed by atoms with van der Waals surface area (Å²) < 4.78 is 40.9. The van der Waals surface area contributed by atoms with Gasteiger partial charge in [0, 0.05) is 6.20 Å². The SMILES string of the molecule is CCc1nnsc1C(O)c1cnc(C(F)(F)F)s1. The van der Waals surface area contributed by atoms with Gasteiger partial charge in [-0.3, -0.25) is 0 Å². The van der Waals surface area contributed by atoms with Crippen molar-refractivity contribution in [2.75, 3.05) is 0 Å². The van der Waals surface area contributed by atoms with Crippen LogP contribution in [0.2, 0.25) is 0 Å². The molecule has 0 amide bonds. The first-order chi connectivity index (χ1) is 8.43. The molecule has 2 aromatic rings.